The molecule has 21 heavy (non-hydrogen) atoms. The number of amides is 2. The summed E-state index contributed by atoms with van der Waals surface area (Å²) in [5, 5.41) is 4.74. The number of hydrogen-bond acceptors (Lipinski definition) is 3. The second-order valence-corrected chi connectivity index (χ2v) is 6.17. The van der Waals surface area contributed by atoms with Gasteiger partial charge >= 0.3 is 11.5 Å². The molecule has 2 amide bonds. The number of alkyl halides is 3. The molecule has 1 unspecified atom stereocenters. The Bertz CT molecular complexity index is 581. The maximum Gasteiger partial charge on any atom is 0.483 e. The predicted molar refractivity (Wildman–Crippen MR) is 73.3 cm³/mol. The van der Waals surface area contributed by atoms with Gasteiger partial charge in [0.25, 0.3) is 0 Å². The van der Waals surface area contributed by atoms with Gasteiger partial charge in [-0.15, -0.1) is 0 Å². The molecule has 0 spiro atoms. The Morgan fingerprint density at radius 3 is 2.38 bits per heavy atom. The fourth-order valence-electron chi connectivity index (χ4n) is 1.45. The van der Waals surface area contributed by atoms with Crippen molar-refractivity contribution in [2.75, 3.05) is 19.6 Å². The van der Waals surface area contributed by atoms with Crippen LogP contribution in [-0.2, 0) is 9.73 Å². The van der Waals surface area contributed by atoms with Crippen LogP contribution in [0.4, 0.5) is 18.0 Å². The summed E-state index contributed by atoms with van der Waals surface area (Å²) in [6.07, 6.45) is 0. The van der Waals surface area contributed by atoms with Crippen LogP contribution >= 0.6 is 0 Å². The molecule has 5 nitrogen and oxygen atoms in total. The number of benzene rings is 1. The summed E-state index contributed by atoms with van der Waals surface area (Å²) in [4.78, 5) is 10.7. The van der Waals surface area contributed by atoms with Crippen LogP contribution < -0.4 is 10.6 Å². The number of hydrogen-bond donors (Lipinski definition) is 2. The summed E-state index contributed by atoms with van der Waals surface area (Å²) in [5.74, 6) is 0. The van der Waals surface area contributed by atoms with Crippen molar-refractivity contribution in [3.05, 3.63) is 30.3 Å². The van der Waals surface area contributed by atoms with Crippen molar-refractivity contribution in [2.45, 2.75) is 17.3 Å². The molecular formula is C12H16F3N3O2S. The molecule has 118 valence electrons. The Hall–Kier alpha value is -1.77. The third-order valence-corrected chi connectivity index (χ3v) is 4.47. The molecule has 0 aliphatic rings. The van der Waals surface area contributed by atoms with Crippen molar-refractivity contribution in [3.63, 3.8) is 0 Å². The van der Waals surface area contributed by atoms with E-state index in [1.165, 1.54) is 18.2 Å². The summed E-state index contributed by atoms with van der Waals surface area (Å²) in [6.45, 7) is 1.57. The molecule has 0 radical (unpaired) electrons. The topological polar surface area (TPSA) is 70.6 Å². The Kier molecular flexibility index (Phi) is 6.01. The molecule has 0 aliphatic carbocycles. The maximum absolute atomic E-state index is 13.0. The van der Waals surface area contributed by atoms with Crippen molar-refractivity contribution in [3.8, 4) is 0 Å². The lowest BCUT2D eigenvalue weighted by Crippen LogP contribution is -2.36. The van der Waals surface area contributed by atoms with Gasteiger partial charge in [0, 0.05) is 13.1 Å². The van der Waals surface area contributed by atoms with E-state index in [4.69, 9.17) is 0 Å². The molecule has 1 atom stereocenters. The van der Waals surface area contributed by atoms with Gasteiger partial charge in [-0.2, -0.15) is 13.2 Å². The van der Waals surface area contributed by atoms with E-state index in [-0.39, 0.29) is 6.54 Å². The van der Waals surface area contributed by atoms with Crippen LogP contribution in [0.1, 0.15) is 6.92 Å². The minimum absolute atomic E-state index is 0.133. The normalized spacial score (nSPS) is 14.1. The third-order valence-electron chi connectivity index (χ3n) is 2.38. The van der Waals surface area contributed by atoms with E-state index in [1.807, 2.05) is 0 Å². The molecule has 0 saturated carbocycles. The minimum Gasteiger partial charge on any atom is -0.338 e. The fourth-order valence-corrected chi connectivity index (χ4v) is 2.89. The smallest absolute Gasteiger partial charge is 0.338 e. The molecule has 0 bridgehead atoms. The molecule has 9 heteroatoms. The molecule has 1 aromatic rings. The Labute approximate surface area is 121 Å². The van der Waals surface area contributed by atoms with Crippen molar-refractivity contribution >= 4 is 15.8 Å². The first-order valence-corrected chi connectivity index (χ1v) is 7.68. The molecule has 1 rings (SSSR count). The van der Waals surface area contributed by atoms with Crippen LogP contribution in [0, 0.1) is 0 Å². The maximum atomic E-state index is 13.0. The third kappa shape index (κ3) is 4.62. The second-order valence-electron chi connectivity index (χ2n) is 3.92. The number of urea groups is 1. The first-order valence-electron chi connectivity index (χ1n) is 6.17. The zero-order valence-electron chi connectivity index (χ0n) is 11.3. The number of nitrogens with one attached hydrogen (secondary N) is 2. The summed E-state index contributed by atoms with van der Waals surface area (Å²) in [5.41, 5.74) is -4.97. The Morgan fingerprint density at radius 2 is 1.86 bits per heavy atom. The summed E-state index contributed by atoms with van der Waals surface area (Å²) in [7, 11) is -4.54. The minimum atomic E-state index is -4.97. The van der Waals surface area contributed by atoms with E-state index < -0.39 is 32.7 Å². The molecular weight excluding hydrogens is 307 g/mol. The second kappa shape index (κ2) is 7.30. The van der Waals surface area contributed by atoms with Crippen LogP contribution in [-0.4, -0.2) is 35.4 Å². The van der Waals surface area contributed by atoms with Crippen LogP contribution in [0.5, 0.6) is 0 Å². The van der Waals surface area contributed by atoms with E-state index >= 15 is 0 Å². The van der Waals surface area contributed by atoms with Gasteiger partial charge in [-0.05, 0) is 19.1 Å². The highest BCUT2D eigenvalue weighted by Gasteiger charge is 2.44. The van der Waals surface area contributed by atoms with Crippen molar-refractivity contribution in [2.24, 2.45) is 4.36 Å². The van der Waals surface area contributed by atoms with Crippen molar-refractivity contribution < 1.29 is 22.2 Å². The van der Waals surface area contributed by atoms with E-state index in [2.05, 4.69) is 15.0 Å². The SMILES string of the molecule is CCNC(=O)NCCN=S(=O)(c1ccccc1)C(F)(F)F. The van der Waals surface area contributed by atoms with Crippen LogP contribution in [0.25, 0.3) is 0 Å². The lowest BCUT2D eigenvalue weighted by Gasteiger charge is -2.14. The van der Waals surface area contributed by atoms with Gasteiger partial charge < -0.3 is 10.6 Å². The highest BCUT2D eigenvalue weighted by atomic mass is 32.2. The van der Waals surface area contributed by atoms with E-state index in [0.717, 1.165) is 12.1 Å². The Balaban J connectivity index is 2.88. The molecule has 2 N–H and O–H groups in total. The largest absolute Gasteiger partial charge is 0.483 e. The zero-order chi connectivity index (χ0) is 15.9. The summed E-state index contributed by atoms with van der Waals surface area (Å²) < 4.78 is 54.5. The van der Waals surface area contributed by atoms with E-state index in [0.29, 0.717) is 6.54 Å². The van der Waals surface area contributed by atoms with Crippen LogP contribution in [0.15, 0.2) is 39.6 Å². The standard InChI is InChI=1S/C12H16F3N3O2S/c1-2-16-11(19)17-8-9-18-21(20,12(13,14)15)10-6-4-3-5-7-10/h3-7H,2,8-9H2,1H3,(H2,16,17,19). The number of halogens is 3. The first kappa shape index (κ1) is 17.3. The van der Waals surface area contributed by atoms with E-state index in [1.54, 1.807) is 6.92 Å². The van der Waals surface area contributed by atoms with Crippen molar-refractivity contribution in [1.82, 2.24) is 10.6 Å². The van der Waals surface area contributed by atoms with Gasteiger partial charge in [-0.1, -0.05) is 18.2 Å². The fraction of sp³-hybridized carbons (Fsp3) is 0.417. The van der Waals surface area contributed by atoms with E-state index in [9.17, 15) is 22.2 Å². The lowest BCUT2D eigenvalue weighted by atomic mass is 10.4. The van der Waals surface area contributed by atoms with Gasteiger partial charge in [0.15, 0.2) is 9.73 Å². The lowest BCUT2D eigenvalue weighted by molar-refractivity contribution is -0.0403. The molecule has 0 aliphatic heterocycles. The average Bonchev–Trinajstić information content (AvgIpc) is 2.43. The highest BCUT2D eigenvalue weighted by molar-refractivity contribution is 7.94. The first-order chi connectivity index (χ1) is 9.81. The monoisotopic (exact) mass is 323 g/mol. The summed E-state index contributed by atoms with van der Waals surface area (Å²) in [6, 6.07) is 5.99. The Morgan fingerprint density at radius 1 is 1.24 bits per heavy atom. The van der Waals surface area contributed by atoms with Crippen LogP contribution in [0.2, 0.25) is 0 Å². The van der Waals surface area contributed by atoms with Gasteiger partial charge in [-0.3, -0.25) is 0 Å². The average molecular weight is 323 g/mol. The van der Waals surface area contributed by atoms with Gasteiger partial charge in [0.05, 0.1) is 11.4 Å². The zero-order valence-corrected chi connectivity index (χ0v) is 12.1. The van der Waals surface area contributed by atoms with Crippen molar-refractivity contribution in [1.29, 1.82) is 0 Å². The number of carbonyl (C=O) groups excluding carboxylic acids is 1. The quantitative estimate of drug-likeness (QED) is 0.817. The van der Waals surface area contributed by atoms with Gasteiger partial charge in [0.1, 0.15) is 0 Å². The van der Waals surface area contributed by atoms with Crippen LogP contribution in [0.3, 0.4) is 0 Å². The number of nitrogens with zero attached hydrogens (tertiary/aromatic N) is 1. The number of rotatable bonds is 5. The van der Waals surface area contributed by atoms with Gasteiger partial charge in [0.2, 0.25) is 0 Å². The number of carbonyl (C=O) groups is 1. The molecule has 0 heterocycles. The molecule has 0 aromatic heterocycles. The molecule has 0 fully saturated rings. The summed E-state index contributed by atoms with van der Waals surface area (Å²) >= 11 is 0. The van der Waals surface area contributed by atoms with Gasteiger partial charge in [-0.25, -0.2) is 13.4 Å². The molecule has 0 saturated heterocycles. The highest BCUT2D eigenvalue weighted by Crippen LogP contribution is 2.32. The predicted octanol–water partition coefficient (Wildman–Crippen LogP) is 2.35. The molecule has 1 aromatic carbocycles.